The summed E-state index contributed by atoms with van der Waals surface area (Å²) in [7, 11) is 0. The molecule has 2 N–H and O–H groups in total. The van der Waals surface area contributed by atoms with Gasteiger partial charge in [0.25, 0.3) is 0 Å². The van der Waals surface area contributed by atoms with Gasteiger partial charge in [0, 0.05) is 12.1 Å². The van der Waals surface area contributed by atoms with E-state index in [-0.39, 0.29) is 22.2 Å². The third-order valence-electron chi connectivity index (χ3n) is 2.87. The molecule has 0 unspecified atom stereocenters. The summed E-state index contributed by atoms with van der Waals surface area (Å²) in [6, 6.07) is 5.39. The van der Waals surface area contributed by atoms with E-state index in [2.05, 4.69) is 4.98 Å². The van der Waals surface area contributed by atoms with E-state index >= 15 is 0 Å². The number of aromatic nitrogens is 2. The monoisotopic (exact) mass is 297 g/mol. The van der Waals surface area contributed by atoms with Crippen LogP contribution in [0.5, 0.6) is 0 Å². The Kier molecular flexibility index (Phi) is 2.83. The number of nitrogens with two attached hydrogens (primary N) is 1. The highest BCUT2D eigenvalue weighted by atomic mass is 35.5. The largest absolute Gasteiger partial charge is 0.369 e. The fourth-order valence-corrected chi connectivity index (χ4v) is 2.17. The topological polar surface area (TPSA) is 43.8 Å². The predicted octanol–water partition coefficient (Wildman–Crippen LogP) is 3.68. The number of rotatable bonds is 1. The highest BCUT2D eigenvalue weighted by Crippen LogP contribution is 2.28. The fourth-order valence-electron chi connectivity index (χ4n) is 2.01. The van der Waals surface area contributed by atoms with Gasteiger partial charge in [0.15, 0.2) is 0 Å². The van der Waals surface area contributed by atoms with Gasteiger partial charge in [0.05, 0.1) is 21.7 Å². The molecule has 0 radical (unpaired) electrons. The Hall–Kier alpha value is -2.21. The molecule has 0 aliphatic carbocycles. The van der Waals surface area contributed by atoms with Gasteiger partial charge < -0.3 is 5.73 Å². The number of halogens is 4. The molecule has 7 heteroatoms. The van der Waals surface area contributed by atoms with E-state index in [9.17, 15) is 13.2 Å². The zero-order valence-corrected chi connectivity index (χ0v) is 10.6. The molecule has 102 valence electrons. The second-order valence-electron chi connectivity index (χ2n) is 4.16. The van der Waals surface area contributed by atoms with Crippen molar-refractivity contribution in [3.63, 3.8) is 0 Å². The molecule has 0 spiro atoms. The number of benzene rings is 2. The van der Waals surface area contributed by atoms with Crippen molar-refractivity contribution in [2.24, 2.45) is 0 Å². The molecule has 1 heterocycles. The summed E-state index contributed by atoms with van der Waals surface area (Å²) in [4.78, 5) is 3.98. The molecule has 0 saturated carbocycles. The minimum atomic E-state index is -0.827. The van der Waals surface area contributed by atoms with E-state index in [4.69, 9.17) is 17.3 Å². The van der Waals surface area contributed by atoms with Gasteiger partial charge >= 0.3 is 0 Å². The summed E-state index contributed by atoms with van der Waals surface area (Å²) < 4.78 is 41.5. The van der Waals surface area contributed by atoms with Crippen LogP contribution >= 0.6 is 11.6 Å². The highest BCUT2D eigenvalue weighted by molar-refractivity contribution is 6.31. The quantitative estimate of drug-likeness (QED) is 0.744. The van der Waals surface area contributed by atoms with Crippen LogP contribution in [0.1, 0.15) is 0 Å². The minimum absolute atomic E-state index is 0.0203. The van der Waals surface area contributed by atoms with Crippen LogP contribution in [0.3, 0.4) is 0 Å². The number of fused-ring (bicyclic) bond motifs is 1. The lowest BCUT2D eigenvalue weighted by Gasteiger charge is -2.08. The van der Waals surface area contributed by atoms with Gasteiger partial charge in [0.2, 0.25) is 5.95 Å². The Balaban J connectivity index is 2.35. The Labute approximate surface area is 116 Å². The lowest BCUT2D eigenvalue weighted by Crippen LogP contribution is -2.03. The van der Waals surface area contributed by atoms with Crippen molar-refractivity contribution >= 4 is 28.6 Å². The van der Waals surface area contributed by atoms with Crippen LogP contribution < -0.4 is 5.73 Å². The summed E-state index contributed by atoms with van der Waals surface area (Å²) in [5.41, 5.74) is 6.26. The van der Waals surface area contributed by atoms with Gasteiger partial charge in [-0.3, -0.25) is 4.57 Å². The third kappa shape index (κ3) is 1.89. The van der Waals surface area contributed by atoms with Crippen molar-refractivity contribution in [1.29, 1.82) is 0 Å². The molecule has 0 atom stereocenters. The Morgan fingerprint density at radius 1 is 1.05 bits per heavy atom. The van der Waals surface area contributed by atoms with Gasteiger partial charge in [-0.2, -0.15) is 0 Å². The van der Waals surface area contributed by atoms with Crippen molar-refractivity contribution in [1.82, 2.24) is 9.55 Å². The Bertz CT molecular complexity index is 829. The van der Waals surface area contributed by atoms with Crippen LogP contribution in [0, 0.1) is 17.5 Å². The van der Waals surface area contributed by atoms with Gasteiger partial charge in [-0.1, -0.05) is 11.6 Å². The number of hydrogen-bond donors (Lipinski definition) is 1. The molecule has 0 amide bonds. The molecule has 0 fully saturated rings. The van der Waals surface area contributed by atoms with Gasteiger partial charge in [-0.25, -0.2) is 18.2 Å². The second-order valence-corrected chi connectivity index (χ2v) is 4.56. The molecule has 3 rings (SSSR count). The zero-order chi connectivity index (χ0) is 14.4. The molecule has 0 aliphatic rings. The van der Waals surface area contributed by atoms with E-state index in [0.29, 0.717) is 11.6 Å². The maximum atomic E-state index is 13.8. The molecule has 3 aromatic rings. The van der Waals surface area contributed by atoms with Gasteiger partial charge in [0.1, 0.15) is 17.5 Å². The average molecular weight is 298 g/mol. The van der Waals surface area contributed by atoms with Crippen LogP contribution in [0.25, 0.3) is 16.7 Å². The first-order chi connectivity index (χ1) is 9.47. The summed E-state index contributed by atoms with van der Waals surface area (Å²) >= 11 is 5.66. The van der Waals surface area contributed by atoms with Crippen LogP contribution in [0.15, 0.2) is 30.3 Å². The molecule has 3 nitrogen and oxygen atoms in total. The predicted molar refractivity (Wildman–Crippen MR) is 70.4 cm³/mol. The minimum Gasteiger partial charge on any atom is -0.369 e. The maximum absolute atomic E-state index is 13.8. The van der Waals surface area contributed by atoms with E-state index < -0.39 is 17.5 Å². The number of nitrogens with zero attached hydrogens (tertiary/aromatic N) is 2. The van der Waals surface area contributed by atoms with E-state index in [0.717, 1.165) is 12.1 Å². The summed E-state index contributed by atoms with van der Waals surface area (Å²) in [5, 5.41) is -0.110. The first-order valence-electron chi connectivity index (χ1n) is 5.56. The van der Waals surface area contributed by atoms with Crippen LogP contribution in [0.2, 0.25) is 5.02 Å². The normalized spacial score (nSPS) is 11.2. The van der Waals surface area contributed by atoms with E-state index in [1.807, 2.05) is 0 Å². The lowest BCUT2D eigenvalue weighted by atomic mass is 10.2. The molecule has 2 aromatic carbocycles. The number of imidazole rings is 1. The molecule has 1 aromatic heterocycles. The van der Waals surface area contributed by atoms with Crippen LogP contribution in [0.4, 0.5) is 19.1 Å². The van der Waals surface area contributed by atoms with Crippen molar-refractivity contribution in [2.45, 2.75) is 0 Å². The maximum Gasteiger partial charge on any atom is 0.206 e. The summed E-state index contributed by atoms with van der Waals surface area (Å²) in [6.07, 6.45) is 0. The molecule has 0 bridgehead atoms. The molecule has 0 aliphatic heterocycles. The third-order valence-corrected chi connectivity index (χ3v) is 3.16. The van der Waals surface area contributed by atoms with E-state index in [1.165, 1.54) is 16.7 Å². The number of nitrogen functional groups attached to an aromatic ring is 1. The lowest BCUT2D eigenvalue weighted by molar-refractivity contribution is 0.578. The molecule has 20 heavy (non-hydrogen) atoms. The average Bonchev–Trinajstić information content (AvgIpc) is 2.66. The van der Waals surface area contributed by atoms with Gasteiger partial charge in [-0.15, -0.1) is 0 Å². The van der Waals surface area contributed by atoms with Crippen LogP contribution in [-0.4, -0.2) is 9.55 Å². The second kappa shape index (κ2) is 4.42. The first kappa shape index (κ1) is 12.8. The van der Waals surface area contributed by atoms with E-state index in [1.54, 1.807) is 0 Å². The van der Waals surface area contributed by atoms with Crippen molar-refractivity contribution in [3.05, 3.63) is 52.8 Å². The summed E-state index contributed by atoms with van der Waals surface area (Å²) in [6.45, 7) is 0. The molecular weight excluding hydrogens is 291 g/mol. The first-order valence-corrected chi connectivity index (χ1v) is 5.93. The zero-order valence-electron chi connectivity index (χ0n) is 9.87. The Morgan fingerprint density at radius 2 is 1.80 bits per heavy atom. The molecule has 0 saturated heterocycles. The fraction of sp³-hybridized carbons (Fsp3) is 0. The SMILES string of the molecule is Nc1nc2cc(Cl)c(F)cc2n1-c1ccc(F)cc1F. The van der Waals surface area contributed by atoms with Crippen molar-refractivity contribution in [2.75, 3.05) is 5.73 Å². The van der Waals surface area contributed by atoms with Crippen molar-refractivity contribution < 1.29 is 13.2 Å². The summed E-state index contributed by atoms with van der Waals surface area (Å²) in [5.74, 6) is -2.27. The number of hydrogen-bond acceptors (Lipinski definition) is 2. The van der Waals surface area contributed by atoms with Crippen LogP contribution in [-0.2, 0) is 0 Å². The highest BCUT2D eigenvalue weighted by Gasteiger charge is 2.16. The number of anilines is 1. The van der Waals surface area contributed by atoms with Crippen molar-refractivity contribution in [3.8, 4) is 5.69 Å². The van der Waals surface area contributed by atoms with Gasteiger partial charge in [-0.05, 0) is 18.2 Å². The molecular formula is C13H7ClF3N3. The smallest absolute Gasteiger partial charge is 0.206 e. The standard InChI is InChI=1S/C13H7ClF3N3/c14-7-4-10-12(5-8(7)16)20(13(18)19-10)11-2-1-6(15)3-9(11)17/h1-5H,(H2,18,19). The Morgan fingerprint density at radius 3 is 2.50 bits per heavy atom.